The third kappa shape index (κ3) is 4.46. The number of ether oxygens (including phenoxy) is 1. The van der Waals surface area contributed by atoms with E-state index in [1.165, 1.54) is 11.8 Å². The van der Waals surface area contributed by atoms with Crippen LogP contribution in [0.15, 0.2) is 29.2 Å². The largest absolute Gasteiger partial charge is 0.497 e. The Morgan fingerprint density at radius 1 is 1.29 bits per heavy atom. The van der Waals surface area contributed by atoms with Crippen LogP contribution in [0.3, 0.4) is 0 Å². The Labute approximate surface area is 166 Å². The zero-order valence-corrected chi connectivity index (χ0v) is 18.0. The summed E-state index contributed by atoms with van der Waals surface area (Å²) in [6.45, 7) is 6.83. The Hall–Kier alpha value is -2.55. The minimum atomic E-state index is -4.00. The Morgan fingerprint density at radius 2 is 1.89 bits per heavy atom. The topological polar surface area (TPSA) is 93.5 Å². The predicted molar refractivity (Wildman–Crippen MR) is 108 cm³/mol. The van der Waals surface area contributed by atoms with Gasteiger partial charge in [0.25, 0.3) is 10.0 Å². The molecule has 0 aliphatic carbocycles. The van der Waals surface area contributed by atoms with Crippen LogP contribution in [-0.4, -0.2) is 43.8 Å². The average molecular weight is 409 g/mol. The fourth-order valence-corrected chi connectivity index (χ4v) is 4.68. The molecule has 0 saturated carbocycles. The van der Waals surface area contributed by atoms with Crippen molar-refractivity contribution in [1.29, 1.82) is 0 Å². The average Bonchev–Trinajstić information content (AvgIpc) is 2.91. The van der Waals surface area contributed by atoms with Gasteiger partial charge in [-0.3, -0.25) is 13.8 Å². The number of aryl methyl sites for hydroxylation is 2. The van der Waals surface area contributed by atoms with E-state index in [0.29, 0.717) is 22.8 Å². The van der Waals surface area contributed by atoms with Gasteiger partial charge in [-0.2, -0.15) is 5.10 Å². The Kier molecular flexibility index (Phi) is 6.71. The zero-order valence-electron chi connectivity index (χ0n) is 17.2. The first-order valence-electron chi connectivity index (χ1n) is 9.08. The van der Waals surface area contributed by atoms with Crippen LogP contribution in [0.1, 0.15) is 31.7 Å². The summed E-state index contributed by atoms with van der Waals surface area (Å²) in [5, 5.41) is 7.03. The van der Waals surface area contributed by atoms with E-state index in [9.17, 15) is 13.2 Å². The van der Waals surface area contributed by atoms with Crippen molar-refractivity contribution in [2.45, 2.75) is 45.1 Å². The third-order valence-corrected chi connectivity index (χ3v) is 6.69. The van der Waals surface area contributed by atoms with Gasteiger partial charge in [-0.15, -0.1) is 0 Å². The second kappa shape index (κ2) is 8.64. The highest BCUT2D eigenvalue weighted by Crippen LogP contribution is 2.28. The van der Waals surface area contributed by atoms with E-state index < -0.39 is 10.0 Å². The Bertz CT molecular complexity index is 936. The molecule has 2 rings (SSSR count). The summed E-state index contributed by atoms with van der Waals surface area (Å²) < 4.78 is 34.8. The van der Waals surface area contributed by atoms with Crippen LogP contribution in [0, 0.1) is 13.8 Å². The molecular formula is C19H28N4O4S. The fourth-order valence-electron chi connectivity index (χ4n) is 2.85. The lowest BCUT2D eigenvalue weighted by Crippen LogP contribution is -2.43. The second-order valence-corrected chi connectivity index (χ2v) is 8.51. The number of carbonyl (C=O) groups is 1. The van der Waals surface area contributed by atoms with Crippen molar-refractivity contribution in [3.63, 3.8) is 0 Å². The first-order chi connectivity index (χ1) is 13.1. The van der Waals surface area contributed by atoms with Gasteiger partial charge in [0.1, 0.15) is 17.2 Å². The zero-order chi connectivity index (χ0) is 21.1. The Balaban J connectivity index is 2.51. The van der Waals surface area contributed by atoms with E-state index >= 15 is 0 Å². The maximum absolute atomic E-state index is 13.5. The van der Waals surface area contributed by atoms with Gasteiger partial charge < -0.3 is 10.1 Å². The standard InChI is InChI=1S/C19H28N4O4S/c1-7-13(2)20-18(24)12-23(16-8-10-17(27-6)11-9-16)28(25,26)19-14(3)21-22(5)15(19)4/h8-11,13H,7,12H2,1-6H3,(H,20,24). The first-order valence-corrected chi connectivity index (χ1v) is 10.5. The van der Waals surface area contributed by atoms with Crippen LogP contribution in [0.2, 0.25) is 0 Å². The number of methoxy groups -OCH3 is 1. The maximum Gasteiger partial charge on any atom is 0.268 e. The number of nitrogens with one attached hydrogen (secondary N) is 1. The van der Waals surface area contributed by atoms with Crippen molar-refractivity contribution < 1.29 is 17.9 Å². The minimum absolute atomic E-state index is 0.0465. The Morgan fingerprint density at radius 3 is 2.36 bits per heavy atom. The highest BCUT2D eigenvalue weighted by molar-refractivity contribution is 7.93. The number of nitrogens with zero attached hydrogens (tertiary/aromatic N) is 3. The molecular weight excluding hydrogens is 380 g/mol. The number of aromatic nitrogens is 2. The number of amides is 1. The van der Waals surface area contributed by atoms with Gasteiger partial charge in [0, 0.05) is 13.1 Å². The van der Waals surface area contributed by atoms with E-state index in [-0.39, 0.29) is 23.4 Å². The summed E-state index contributed by atoms with van der Waals surface area (Å²) in [4.78, 5) is 12.6. The quantitative estimate of drug-likeness (QED) is 0.722. The summed E-state index contributed by atoms with van der Waals surface area (Å²) >= 11 is 0. The van der Waals surface area contributed by atoms with Crippen LogP contribution in [0.4, 0.5) is 5.69 Å². The minimum Gasteiger partial charge on any atom is -0.497 e. The molecule has 1 aromatic carbocycles. The molecule has 9 heteroatoms. The normalized spacial score (nSPS) is 12.5. The van der Waals surface area contributed by atoms with E-state index in [4.69, 9.17) is 4.74 Å². The number of sulfonamides is 1. The number of hydrogen-bond acceptors (Lipinski definition) is 5. The third-order valence-electron chi connectivity index (χ3n) is 4.66. The van der Waals surface area contributed by atoms with Crippen molar-refractivity contribution in [2.75, 3.05) is 18.0 Å². The molecule has 0 bridgehead atoms. The van der Waals surface area contributed by atoms with Crippen LogP contribution >= 0.6 is 0 Å². The van der Waals surface area contributed by atoms with E-state index in [1.54, 1.807) is 45.2 Å². The molecule has 2 aromatic rings. The molecule has 0 saturated heterocycles. The number of rotatable bonds is 8. The molecule has 154 valence electrons. The molecule has 0 radical (unpaired) electrons. The smallest absolute Gasteiger partial charge is 0.268 e. The molecule has 1 unspecified atom stereocenters. The molecule has 0 aliphatic heterocycles. The van der Waals surface area contributed by atoms with Crippen molar-refractivity contribution in [3.05, 3.63) is 35.7 Å². The molecule has 8 nitrogen and oxygen atoms in total. The lowest BCUT2D eigenvalue weighted by atomic mass is 10.2. The van der Waals surface area contributed by atoms with Gasteiger partial charge in [0.2, 0.25) is 5.91 Å². The molecule has 1 atom stereocenters. The molecule has 1 amide bonds. The van der Waals surface area contributed by atoms with Gasteiger partial charge in [-0.25, -0.2) is 8.42 Å². The van der Waals surface area contributed by atoms with Crippen molar-refractivity contribution in [2.24, 2.45) is 7.05 Å². The van der Waals surface area contributed by atoms with Crippen molar-refractivity contribution in [1.82, 2.24) is 15.1 Å². The van der Waals surface area contributed by atoms with Gasteiger partial charge in [-0.05, 0) is 51.5 Å². The van der Waals surface area contributed by atoms with Crippen LogP contribution < -0.4 is 14.4 Å². The maximum atomic E-state index is 13.5. The fraction of sp³-hybridized carbons (Fsp3) is 0.474. The second-order valence-electron chi connectivity index (χ2n) is 6.71. The van der Waals surface area contributed by atoms with E-state index in [2.05, 4.69) is 10.4 Å². The lowest BCUT2D eigenvalue weighted by molar-refractivity contribution is -0.120. The first kappa shape index (κ1) is 21.7. The van der Waals surface area contributed by atoms with Gasteiger partial charge >= 0.3 is 0 Å². The van der Waals surface area contributed by atoms with E-state index in [1.807, 2.05) is 13.8 Å². The van der Waals surface area contributed by atoms with Crippen LogP contribution in [0.25, 0.3) is 0 Å². The molecule has 0 aliphatic rings. The van der Waals surface area contributed by atoms with Crippen molar-refractivity contribution >= 4 is 21.6 Å². The number of benzene rings is 1. The molecule has 0 fully saturated rings. The van der Waals surface area contributed by atoms with Crippen LogP contribution in [-0.2, 0) is 21.9 Å². The highest BCUT2D eigenvalue weighted by atomic mass is 32.2. The van der Waals surface area contributed by atoms with Gasteiger partial charge in [0.05, 0.1) is 24.2 Å². The SMILES string of the molecule is CCC(C)NC(=O)CN(c1ccc(OC)cc1)S(=O)(=O)c1c(C)nn(C)c1C. The monoisotopic (exact) mass is 408 g/mol. The summed E-state index contributed by atoms with van der Waals surface area (Å²) in [5.74, 6) is 0.229. The number of hydrogen-bond donors (Lipinski definition) is 1. The predicted octanol–water partition coefficient (Wildman–Crippen LogP) is 2.16. The van der Waals surface area contributed by atoms with Crippen LogP contribution in [0.5, 0.6) is 5.75 Å². The number of carbonyl (C=O) groups excluding carboxylic acids is 1. The van der Waals surface area contributed by atoms with Gasteiger partial charge in [0.15, 0.2) is 0 Å². The molecule has 1 N–H and O–H groups in total. The lowest BCUT2D eigenvalue weighted by Gasteiger charge is -2.25. The highest BCUT2D eigenvalue weighted by Gasteiger charge is 2.32. The van der Waals surface area contributed by atoms with E-state index in [0.717, 1.165) is 10.7 Å². The van der Waals surface area contributed by atoms with Crippen molar-refractivity contribution in [3.8, 4) is 5.75 Å². The number of anilines is 1. The summed E-state index contributed by atoms with van der Waals surface area (Å²) in [6, 6.07) is 6.51. The molecule has 28 heavy (non-hydrogen) atoms. The summed E-state index contributed by atoms with van der Waals surface area (Å²) in [6.07, 6.45) is 0.752. The summed E-state index contributed by atoms with van der Waals surface area (Å²) in [7, 11) is -0.781. The summed E-state index contributed by atoms with van der Waals surface area (Å²) in [5.41, 5.74) is 1.28. The molecule has 1 heterocycles. The molecule has 0 spiro atoms. The van der Waals surface area contributed by atoms with Gasteiger partial charge in [-0.1, -0.05) is 6.92 Å². The molecule has 1 aromatic heterocycles.